The largest absolute Gasteiger partial charge is 0.491 e. The highest BCUT2D eigenvalue weighted by Gasteiger charge is 2.27. The first-order valence-corrected chi connectivity index (χ1v) is 8.52. The topological polar surface area (TPSA) is 67.4 Å². The van der Waals surface area contributed by atoms with E-state index in [9.17, 15) is 9.59 Å². The van der Waals surface area contributed by atoms with Crippen LogP contribution in [0, 0.1) is 5.92 Å². The molecule has 1 aliphatic heterocycles. The van der Waals surface area contributed by atoms with Crippen LogP contribution in [0.5, 0.6) is 5.75 Å². The van der Waals surface area contributed by atoms with Gasteiger partial charge in [-0.1, -0.05) is 41.4 Å². The molecule has 1 unspecified atom stereocenters. The third-order valence-electron chi connectivity index (χ3n) is 3.88. The van der Waals surface area contributed by atoms with Crippen molar-refractivity contribution in [3.05, 3.63) is 58.1 Å². The number of fused-ring (bicyclic) bond motifs is 1. The van der Waals surface area contributed by atoms with Crippen molar-refractivity contribution >= 4 is 40.7 Å². The smallest absolute Gasteiger partial charge is 0.231 e. The summed E-state index contributed by atoms with van der Waals surface area (Å²) in [6.07, 6.45) is 0.0258. The number of carbonyl (C=O) groups excluding carboxylic acids is 2. The van der Waals surface area contributed by atoms with Crippen molar-refractivity contribution in [3.8, 4) is 5.75 Å². The summed E-state index contributed by atoms with van der Waals surface area (Å²) in [6.45, 7) is 0.434. The molecule has 2 aromatic carbocycles. The molecule has 5 nitrogen and oxygen atoms in total. The molecule has 2 N–H and O–H groups in total. The van der Waals surface area contributed by atoms with Gasteiger partial charge in [0.2, 0.25) is 11.8 Å². The van der Waals surface area contributed by atoms with E-state index in [1.165, 1.54) is 0 Å². The van der Waals surface area contributed by atoms with Gasteiger partial charge in [-0.2, -0.15) is 0 Å². The Morgan fingerprint density at radius 3 is 2.84 bits per heavy atom. The molecule has 0 bridgehead atoms. The van der Waals surface area contributed by atoms with Gasteiger partial charge in [-0.05, 0) is 29.8 Å². The van der Waals surface area contributed by atoms with Crippen LogP contribution in [-0.2, 0) is 16.1 Å². The summed E-state index contributed by atoms with van der Waals surface area (Å²) >= 11 is 12.0. The summed E-state index contributed by atoms with van der Waals surface area (Å²) in [5.74, 6) is -0.560. The van der Waals surface area contributed by atoms with E-state index >= 15 is 0 Å². The maximum Gasteiger partial charge on any atom is 0.231 e. The van der Waals surface area contributed by atoms with Gasteiger partial charge in [0, 0.05) is 23.0 Å². The van der Waals surface area contributed by atoms with Crippen molar-refractivity contribution in [1.82, 2.24) is 5.32 Å². The predicted octanol–water partition coefficient (Wildman–Crippen LogP) is 3.65. The first-order valence-electron chi connectivity index (χ1n) is 7.76. The maximum absolute atomic E-state index is 12.3. The first kappa shape index (κ1) is 17.6. The molecule has 2 amide bonds. The van der Waals surface area contributed by atoms with Crippen LogP contribution >= 0.6 is 23.2 Å². The van der Waals surface area contributed by atoms with Crippen molar-refractivity contribution in [1.29, 1.82) is 0 Å². The van der Waals surface area contributed by atoms with Crippen LogP contribution in [0.1, 0.15) is 12.0 Å². The van der Waals surface area contributed by atoms with Crippen LogP contribution in [0.2, 0.25) is 10.0 Å². The van der Waals surface area contributed by atoms with Crippen molar-refractivity contribution in [2.45, 2.75) is 13.0 Å². The van der Waals surface area contributed by atoms with E-state index < -0.39 is 5.92 Å². The van der Waals surface area contributed by atoms with E-state index in [1.807, 2.05) is 18.2 Å². The minimum Gasteiger partial charge on any atom is -0.491 e. The number of carbonyl (C=O) groups is 2. The molecular weight excluding hydrogens is 363 g/mol. The molecule has 7 heteroatoms. The average Bonchev–Trinajstić information content (AvgIpc) is 2.73. The van der Waals surface area contributed by atoms with Crippen LogP contribution in [0.25, 0.3) is 0 Å². The van der Waals surface area contributed by atoms with E-state index in [4.69, 9.17) is 27.9 Å². The van der Waals surface area contributed by atoms with Crippen LogP contribution < -0.4 is 15.4 Å². The zero-order valence-electron chi connectivity index (χ0n) is 13.2. The minimum absolute atomic E-state index is 0.0258. The van der Waals surface area contributed by atoms with Gasteiger partial charge >= 0.3 is 0 Å². The molecule has 130 valence electrons. The van der Waals surface area contributed by atoms with Gasteiger partial charge in [0.15, 0.2) is 0 Å². The number of nitrogens with one attached hydrogen (secondary N) is 2. The number of anilines is 1. The normalized spacial score (nSPS) is 16.2. The first-order chi connectivity index (χ1) is 12.0. The summed E-state index contributed by atoms with van der Waals surface area (Å²) in [4.78, 5) is 24.5. The van der Waals surface area contributed by atoms with Gasteiger partial charge in [0.1, 0.15) is 12.4 Å². The summed E-state index contributed by atoms with van der Waals surface area (Å²) in [7, 11) is 0. The molecule has 0 spiro atoms. The molecule has 0 aliphatic carbocycles. The lowest BCUT2D eigenvalue weighted by atomic mass is 10.1. The molecular formula is C18H16Cl2N2O3. The summed E-state index contributed by atoms with van der Waals surface area (Å²) in [5, 5.41) is 6.62. The Morgan fingerprint density at radius 2 is 2.04 bits per heavy atom. The van der Waals surface area contributed by atoms with Crippen molar-refractivity contribution in [3.63, 3.8) is 0 Å². The maximum atomic E-state index is 12.3. The Bertz CT molecular complexity index is 811. The highest BCUT2D eigenvalue weighted by Crippen LogP contribution is 2.31. The van der Waals surface area contributed by atoms with E-state index in [2.05, 4.69) is 10.6 Å². The molecule has 1 heterocycles. The third kappa shape index (κ3) is 4.44. The number of hydrogen-bond acceptors (Lipinski definition) is 3. The molecule has 2 aromatic rings. The van der Waals surface area contributed by atoms with Crippen molar-refractivity contribution in [2.24, 2.45) is 5.92 Å². The molecule has 0 aromatic heterocycles. The Kier molecular flexibility index (Phi) is 5.46. The molecule has 1 aliphatic rings. The fraction of sp³-hybridized carbons (Fsp3) is 0.222. The van der Waals surface area contributed by atoms with Gasteiger partial charge < -0.3 is 15.4 Å². The van der Waals surface area contributed by atoms with Gasteiger partial charge in [-0.25, -0.2) is 0 Å². The lowest BCUT2D eigenvalue weighted by Crippen LogP contribution is -2.32. The molecule has 1 atom stereocenters. The lowest BCUT2D eigenvalue weighted by Gasteiger charge is -2.13. The number of rotatable bonds is 4. The van der Waals surface area contributed by atoms with Crippen LogP contribution in [-0.4, -0.2) is 18.4 Å². The standard InChI is InChI=1S/C18H16Cl2N2O3/c19-13-5-6-16-15(8-13)22-18(24)12(10-25-16)7-17(23)21-9-11-3-1-2-4-14(11)20/h1-6,8,12H,7,9-10H2,(H,21,23)(H,22,24). The SMILES string of the molecule is O=C(CC1COc2ccc(Cl)cc2NC1=O)NCc1ccccc1Cl. The van der Waals surface area contributed by atoms with Crippen LogP contribution in [0.4, 0.5) is 5.69 Å². The zero-order chi connectivity index (χ0) is 17.8. The Labute approximate surface area is 155 Å². The second-order valence-corrected chi connectivity index (χ2v) is 6.55. The number of benzene rings is 2. The van der Waals surface area contributed by atoms with E-state index in [0.29, 0.717) is 28.0 Å². The zero-order valence-corrected chi connectivity index (χ0v) is 14.7. The summed E-state index contributed by atoms with van der Waals surface area (Å²) < 4.78 is 5.63. The lowest BCUT2D eigenvalue weighted by molar-refractivity contribution is -0.128. The Balaban J connectivity index is 1.59. The van der Waals surface area contributed by atoms with Crippen LogP contribution in [0.15, 0.2) is 42.5 Å². The molecule has 0 saturated heterocycles. The van der Waals surface area contributed by atoms with Gasteiger partial charge in [0.25, 0.3) is 0 Å². The number of halogens is 2. The number of amides is 2. The second kappa shape index (κ2) is 7.76. The van der Waals surface area contributed by atoms with Crippen molar-refractivity contribution in [2.75, 3.05) is 11.9 Å². The van der Waals surface area contributed by atoms with Gasteiger partial charge in [-0.3, -0.25) is 9.59 Å². The van der Waals surface area contributed by atoms with E-state index in [0.717, 1.165) is 5.56 Å². The molecule has 0 saturated carbocycles. The van der Waals surface area contributed by atoms with Crippen molar-refractivity contribution < 1.29 is 14.3 Å². The Morgan fingerprint density at radius 1 is 1.24 bits per heavy atom. The van der Waals surface area contributed by atoms with Gasteiger partial charge in [-0.15, -0.1) is 0 Å². The quantitative estimate of drug-likeness (QED) is 0.852. The predicted molar refractivity (Wildman–Crippen MR) is 97.0 cm³/mol. The highest BCUT2D eigenvalue weighted by atomic mass is 35.5. The average molecular weight is 379 g/mol. The molecule has 25 heavy (non-hydrogen) atoms. The Hall–Kier alpha value is -2.24. The molecule has 0 radical (unpaired) electrons. The molecule has 0 fully saturated rings. The second-order valence-electron chi connectivity index (χ2n) is 5.71. The van der Waals surface area contributed by atoms with E-state index in [-0.39, 0.29) is 24.8 Å². The summed E-state index contributed by atoms with van der Waals surface area (Å²) in [6, 6.07) is 12.3. The number of ether oxygens (including phenoxy) is 1. The van der Waals surface area contributed by atoms with Crippen LogP contribution in [0.3, 0.4) is 0 Å². The fourth-order valence-corrected chi connectivity index (χ4v) is 2.88. The fourth-order valence-electron chi connectivity index (χ4n) is 2.51. The van der Waals surface area contributed by atoms with E-state index in [1.54, 1.807) is 24.3 Å². The number of hydrogen-bond donors (Lipinski definition) is 2. The highest BCUT2D eigenvalue weighted by molar-refractivity contribution is 6.31. The minimum atomic E-state index is -0.586. The molecule has 3 rings (SSSR count). The van der Waals surface area contributed by atoms with Gasteiger partial charge in [0.05, 0.1) is 11.6 Å². The summed E-state index contributed by atoms with van der Waals surface area (Å²) in [5.41, 5.74) is 1.33. The third-order valence-corrected chi connectivity index (χ3v) is 4.48. The monoisotopic (exact) mass is 378 g/mol.